The molecule has 0 unspecified atom stereocenters. The van der Waals surface area contributed by atoms with E-state index >= 15 is 0 Å². The lowest BCUT2D eigenvalue weighted by atomic mass is 9.73. The summed E-state index contributed by atoms with van der Waals surface area (Å²) in [7, 11) is 0. The first-order valence-corrected chi connectivity index (χ1v) is 12.3. The Labute approximate surface area is 187 Å². The topological polar surface area (TPSA) is 34.3 Å². The van der Waals surface area contributed by atoms with Crippen molar-refractivity contribution in [3.8, 4) is 0 Å². The highest BCUT2D eigenvalue weighted by Crippen LogP contribution is 2.45. The van der Waals surface area contributed by atoms with Gasteiger partial charge >= 0.3 is 0 Å². The van der Waals surface area contributed by atoms with Gasteiger partial charge in [-0.1, -0.05) is 19.9 Å². The number of aromatic amines is 1. The molecule has 1 saturated heterocycles. The van der Waals surface area contributed by atoms with E-state index in [1.54, 1.807) is 11.1 Å². The minimum absolute atomic E-state index is 0.410. The Balaban J connectivity index is 1.71. The van der Waals surface area contributed by atoms with Gasteiger partial charge in [0.2, 0.25) is 0 Å². The van der Waals surface area contributed by atoms with Crippen molar-refractivity contribution in [1.82, 2.24) is 20.1 Å². The van der Waals surface area contributed by atoms with Crippen LogP contribution in [-0.4, -0.2) is 58.2 Å². The van der Waals surface area contributed by atoms with E-state index in [1.807, 2.05) is 0 Å². The molecule has 3 atom stereocenters. The summed E-state index contributed by atoms with van der Waals surface area (Å²) in [6.45, 7) is 15.4. The van der Waals surface area contributed by atoms with Crippen LogP contribution in [0.1, 0.15) is 68.8 Å². The number of aromatic nitrogens is 1. The second-order valence-corrected chi connectivity index (χ2v) is 9.53. The number of aryl methyl sites for hydroxylation is 2. The molecule has 5 heteroatoms. The molecule has 0 bridgehead atoms. The van der Waals surface area contributed by atoms with Crippen molar-refractivity contribution in [2.45, 2.75) is 78.3 Å². The van der Waals surface area contributed by atoms with Crippen LogP contribution in [0.25, 0.3) is 10.9 Å². The van der Waals surface area contributed by atoms with E-state index in [0.29, 0.717) is 18.0 Å². The summed E-state index contributed by atoms with van der Waals surface area (Å²) < 4.78 is 0. The smallest absolute Gasteiger partial charge is 0.169 e. The highest BCUT2D eigenvalue weighted by molar-refractivity contribution is 7.80. The van der Waals surface area contributed by atoms with Crippen LogP contribution in [0.3, 0.4) is 0 Å². The number of thiocarbonyl (C=S) groups is 1. The summed E-state index contributed by atoms with van der Waals surface area (Å²) in [6.07, 6.45) is 4.62. The zero-order valence-corrected chi connectivity index (χ0v) is 20.2. The number of hydrogen-bond donors (Lipinski definition) is 2. The van der Waals surface area contributed by atoms with Gasteiger partial charge in [0, 0.05) is 54.2 Å². The molecule has 0 amide bonds. The van der Waals surface area contributed by atoms with E-state index < -0.39 is 0 Å². The fourth-order valence-electron chi connectivity index (χ4n) is 5.91. The number of fused-ring (bicyclic) bond motifs is 2. The normalized spacial score (nSPS) is 23.4. The Hall–Kier alpha value is -1.59. The number of nitrogens with one attached hydrogen (secondary N) is 2. The molecule has 4 rings (SSSR count). The first kappa shape index (κ1) is 21.6. The summed E-state index contributed by atoms with van der Waals surface area (Å²) in [5.74, 6) is 0.567. The predicted octanol–water partition coefficient (Wildman–Crippen LogP) is 4.75. The van der Waals surface area contributed by atoms with E-state index in [2.05, 4.69) is 66.9 Å². The molecule has 0 radical (unpaired) electrons. The van der Waals surface area contributed by atoms with E-state index in [9.17, 15) is 0 Å². The van der Waals surface area contributed by atoms with Gasteiger partial charge in [0.15, 0.2) is 5.11 Å². The third-order valence-electron chi connectivity index (χ3n) is 7.25. The van der Waals surface area contributed by atoms with Gasteiger partial charge in [0.25, 0.3) is 0 Å². The molecule has 1 aromatic carbocycles. The fourth-order valence-corrected chi connectivity index (χ4v) is 6.33. The van der Waals surface area contributed by atoms with E-state index in [-0.39, 0.29) is 0 Å². The van der Waals surface area contributed by atoms with Gasteiger partial charge in [-0.15, -0.1) is 0 Å². The van der Waals surface area contributed by atoms with Gasteiger partial charge in [-0.2, -0.15) is 0 Å². The molecule has 0 spiro atoms. The molecule has 2 aromatic rings. The molecule has 4 nitrogen and oxygen atoms in total. The third-order valence-corrected chi connectivity index (χ3v) is 7.62. The van der Waals surface area contributed by atoms with E-state index in [4.69, 9.17) is 12.2 Å². The number of hydrogen-bond acceptors (Lipinski definition) is 2. The van der Waals surface area contributed by atoms with Gasteiger partial charge in [-0.25, -0.2) is 0 Å². The first-order chi connectivity index (χ1) is 14.5. The number of H-pyrrole nitrogens is 1. The van der Waals surface area contributed by atoms with Crippen LogP contribution in [0.2, 0.25) is 0 Å². The summed E-state index contributed by atoms with van der Waals surface area (Å²) in [5, 5.41) is 6.17. The lowest BCUT2D eigenvalue weighted by molar-refractivity contribution is 0.104. The Bertz CT molecular complexity index is 913. The van der Waals surface area contributed by atoms with Crippen molar-refractivity contribution >= 4 is 28.2 Å². The number of benzene rings is 1. The molecule has 1 aliphatic carbocycles. The van der Waals surface area contributed by atoms with Crippen LogP contribution >= 0.6 is 12.2 Å². The molecule has 1 aliphatic heterocycles. The monoisotopic (exact) mass is 426 g/mol. The van der Waals surface area contributed by atoms with E-state index in [1.165, 1.54) is 35.0 Å². The van der Waals surface area contributed by atoms with Crippen molar-refractivity contribution in [2.24, 2.45) is 0 Å². The van der Waals surface area contributed by atoms with Gasteiger partial charge in [-0.05, 0) is 88.0 Å². The minimum atomic E-state index is 0.410. The maximum Gasteiger partial charge on any atom is 0.169 e. The van der Waals surface area contributed by atoms with Crippen LogP contribution in [0, 0.1) is 6.92 Å². The van der Waals surface area contributed by atoms with Crippen molar-refractivity contribution in [1.29, 1.82) is 0 Å². The first-order valence-electron chi connectivity index (χ1n) is 11.9. The number of nitrogens with zero attached hydrogens (tertiary/aromatic N) is 2. The SMILES string of the molecule is CCCN1C[C@@H](NC(=S)N(CC)CC)C[C@@H]2c3cc(C)cc4[nH]c(CC)c(c34)C[C@H]21. The van der Waals surface area contributed by atoms with Gasteiger partial charge in [0.05, 0.1) is 0 Å². The Morgan fingerprint density at radius 3 is 2.67 bits per heavy atom. The summed E-state index contributed by atoms with van der Waals surface area (Å²) >= 11 is 5.76. The molecular weight excluding hydrogens is 388 g/mol. The molecule has 2 aliphatic rings. The maximum absolute atomic E-state index is 5.76. The van der Waals surface area contributed by atoms with Gasteiger partial charge < -0.3 is 15.2 Å². The van der Waals surface area contributed by atoms with Crippen molar-refractivity contribution in [3.05, 3.63) is 34.5 Å². The third kappa shape index (κ3) is 3.75. The molecule has 1 fully saturated rings. The molecule has 30 heavy (non-hydrogen) atoms. The molecular formula is C25H38N4S. The summed E-state index contributed by atoms with van der Waals surface area (Å²) in [4.78, 5) is 8.76. The number of likely N-dealkylation sites (tertiary alicyclic amines) is 1. The summed E-state index contributed by atoms with van der Waals surface area (Å²) in [5.41, 5.74) is 7.29. The Morgan fingerprint density at radius 1 is 1.23 bits per heavy atom. The average molecular weight is 427 g/mol. The molecule has 164 valence electrons. The number of rotatable bonds is 6. The largest absolute Gasteiger partial charge is 0.359 e. The van der Waals surface area contributed by atoms with Crippen LogP contribution in [-0.2, 0) is 12.8 Å². The van der Waals surface area contributed by atoms with E-state index in [0.717, 1.165) is 44.1 Å². The second kappa shape index (κ2) is 8.88. The molecule has 1 aromatic heterocycles. The zero-order valence-electron chi connectivity index (χ0n) is 19.3. The van der Waals surface area contributed by atoms with Crippen LogP contribution in [0.15, 0.2) is 12.1 Å². The molecule has 0 saturated carbocycles. The zero-order chi connectivity index (χ0) is 21.4. The van der Waals surface area contributed by atoms with Crippen molar-refractivity contribution in [3.63, 3.8) is 0 Å². The van der Waals surface area contributed by atoms with Crippen LogP contribution in [0.4, 0.5) is 0 Å². The highest BCUT2D eigenvalue weighted by atomic mass is 32.1. The highest BCUT2D eigenvalue weighted by Gasteiger charge is 2.41. The van der Waals surface area contributed by atoms with Gasteiger partial charge in [0.1, 0.15) is 0 Å². The van der Waals surface area contributed by atoms with Crippen molar-refractivity contribution in [2.75, 3.05) is 26.2 Å². The standard InChI is InChI=1S/C25H38N4S/c1-6-10-29-15-17(26-25(30)28(8-3)9-4)13-18-19-11-16(5)12-22-24(19)20(14-23(18)29)21(7-2)27-22/h11-12,17-18,23,27H,6-10,13-15H2,1-5H3,(H,26,30)/t17-,18+,23+/m0/s1. The molecule has 2 heterocycles. The lowest BCUT2D eigenvalue weighted by Crippen LogP contribution is -2.57. The summed E-state index contributed by atoms with van der Waals surface area (Å²) in [6, 6.07) is 5.81. The van der Waals surface area contributed by atoms with Crippen LogP contribution in [0.5, 0.6) is 0 Å². The van der Waals surface area contributed by atoms with Gasteiger partial charge in [-0.3, -0.25) is 4.90 Å². The Kier molecular flexibility index (Phi) is 6.40. The average Bonchev–Trinajstić information content (AvgIpc) is 3.07. The number of piperidine rings is 1. The minimum Gasteiger partial charge on any atom is -0.359 e. The molecule has 2 N–H and O–H groups in total. The van der Waals surface area contributed by atoms with Crippen LogP contribution < -0.4 is 5.32 Å². The lowest BCUT2D eigenvalue weighted by Gasteiger charge is -2.48. The predicted molar refractivity (Wildman–Crippen MR) is 132 cm³/mol. The maximum atomic E-state index is 5.76. The quantitative estimate of drug-likeness (QED) is 0.654. The second-order valence-electron chi connectivity index (χ2n) is 9.14. The Morgan fingerprint density at radius 2 is 2.00 bits per heavy atom. The fraction of sp³-hybridized carbons (Fsp3) is 0.640. The van der Waals surface area contributed by atoms with Crippen molar-refractivity contribution < 1.29 is 0 Å².